The van der Waals surface area contributed by atoms with Crippen LogP contribution in [0.4, 0.5) is 0 Å². The number of piperidine rings is 1. The van der Waals surface area contributed by atoms with Crippen molar-refractivity contribution >= 4 is 5.78 Å². The Balaban J connectivity index is 1.90. The van der Waals surface area contributed by atoms with Crippen LogP contribution in [-0.2, 0) is 17.8 Å². The van der Waals surface area contributed by atoms with Gasteiger partial charge in [-0.25, -0.2) is 0 Å². The topological polar surface area (TPSA) is 59.2 Å². The van der Waals surface area contributed by atoms with Gasteiger partial charge in [0, 0.05) is 31.8 Å². The van der Waals surface area contributed by atoms with Gasteiger partial charge in [-0.05, 0) is 12.8 Å². The maximum atomic E-state index is 11.6. The lowest BCUT2D eigenvalue weighted by Gasteiger charge is -2.29. The molecular weight excluding hydrogens is 230 g/mol. The van der Waals surface area contributed by atoms with Gasteiger partial charge in [0.15, 0.2) is 5.82 Å². The minimum Gasteiger partial charge on any atom is -0.338 e. The molecule has 0 aromatic carbocycles. The molecule has 2 rings (SSSR count). The second-order valence-corrected chi connectivity index (χ2v) is 4.91. The fourth-order valence-corrected chi connectivity index (χ4v) is 2.35. The molecule has 0 bridgehead atoms. The molecule has 0 N–H and O–H groups in total. The Morgan fingerprint density at radius 1 is 1.44 bits per heavy atom. The summed E-state index contributed by atoms with van der Waals surface area (Å²) in [5, 5.41) is 3.95. The van der Waals surface area contributed by atoms with Gasteiger partial charge in [-0.2, -0.15) is 4.98 Å². The van der Waals surface area contributed by atoms with Crippen LogP contribution in [0, 0.1) is 5.92 Å². The summed E-state index contributed by atoms with van der Waals surface area (Å²) >= 11 is 0. The van der Waals surface area contributed by atoms with Crippen molar-refractivity contribution in [3.63, 3.8) is 0 Å². The zero-order chi connectivity index (χ0) is 13.0. The summed E-state index contributed by atoms with van der Waals surface area (Å²) in [6.45, 7) is 6.46. The van der Waals surface area contributed by atoms with E-state index in [1.165, 1.54) is 0 Å². The van der Waals surface area contributed by atoms with E-state index in [-0.39, 0.29) is 5.92 Å². The fraction of sp³-hybridized carbons (Fsp3) is 0.769. The van der Waals surface area contributed by atoms with Crippen LogP contribution in [0.15, 0.2) is 4.52 Å². The van der Waals surface area contributed by atoms with Gasteiger partial charge in [0.05, 0.1) is 6.54 Å². The number of hydrogen-bond donors (Lipinski definition) is 0. The van der Waals surface area contributed by atoms with Crippen molar-refractivity contribution in [2.24, 2.45) is 5.92 Å². The van der Waals surface area contributed by atoms with Crippen molar-refractivity contribution in [3.8, 4) is 0 Å². The molecule has 0 saturated carbocycles. The van der Waals surface area contributed by atoms with Gasteiger partial charge in [-0.15, -0.1) is 0 Å². The Hall–Kier alpha value is -1.23. The molecule has 100 valence electrons. The lowest BCUT2D eigenvalue weighted by atomic mass is 9.94. The number of aryl methyl sites for hydroxylation is 1. The van der Waals surface area contributed by atoms with Crippen LogP contribution in [0.1, 0.15) is 44.8 Å². The van der Waals surface area contributed by atoms with E-state index in [1.807, 2.05) is 0 Å². The van der Waals surface area contributed by atoms with E-state index in [0.717, 1.165) is 38.2 Å². The standard InChI is InChI=1S/C13H21N3O2/c1-3-5-12-14-13(18-15-12)9-16-7-6-11(17)10(4-2)8-16/h10H,3-9H2,1-2H3. The Morgan fingerprint density at radius 2 is 2.28 bits per heavy atom. The molecule has 0 amide bonds. The van der Waals surface area contributed by atoms with Crippen LogP contribution in [0.3, 0.4) is 0 Å². The first-order chi connectivity index (χ1) is 8.72. The number of carbonyl (C=O) groups is 1. The van der Waals surface area contributed by atoms with E-state index in [0.29, 0.717) is 24.6 Å². The van der Waals surface area contributed by atoms with Crippen molar-refractivity contribution < 1.29 is 9.32 Å². The second kappa shape index (κ2) is 6.09. The predicted octanol–water partition coefficient (Wildman–Crippen LogP) is 1.82. The van der Waals surface area contributed by atoms with Crippen LogP contribution in [0.2, 0.25) is 0 Å². The summed E-state index contributed by atoms with van der Waals surface area (Å²) in [5.41, 5.74) is 0. The predicted molar refractivity (Wildman–Crippen MR) is 67.0 cm³/mol. The molecule has 1 aromatic heterocycles. The van der Waals surface area contributed by atoms with E-state index in [4.69, 9.17) is 4.52 Å². The number of aromatic nitrogens is 2. The molecule has 2 heterocycles. The van der Waals surface area contributed by atoms with Gasteiger partial charge in [0.2, 0.25) is 5.89 Å². The van der Waals surface area contributed by atoms with Crippen LogP contribution in [-0.4, -0.2) is 33.9 Å². The van der Waals surface area contributed by atoms with Crippen LogP contribution in [0.5, 0.6) is 0 Å². The van der Waals surface area contributed by atoms with Gasteiger partial charge < -0.3 is 4.52 Å². The summed E-state index contributed by atoms with van der Waals surface area (Å²) in [6, 6.07) is 0. The van der Waals surface area contributed by atoms with Gasteiger partial charge >= 0.3 is 0 Å². The maximum Gasteiger partial charge on any atom is 0.240 e. The average molecular weight is 251 g/mol. The van der Waals surface area contributed by atoms with E-state index < -0.39 is 0 Å². The first kappa shape index (κ1) is 13.2. The van der Waals surface area contributed by atoms with Gasteiger partial charge in [0.25, 0.3) is 0 Å². The SMILES string of the molecule is CCCc1noc(CN2CCC(=O)C(CC)C2)n1. The lowest BCUT2D eigenvalue weighted by molar-refractivity contribution is -0.126. The highest BCUT2D eigenvalue weighted by atomic mass is 16.5. The summed E-state index contributed by atoms with van der Waals surface area (Å²) in [7, 11) is 0. The molecule has 0 spiro atoms. The monoisotopic (exact) mass is 251 g/mol. The maximum absolute atomic E-state index is 11.6. The number of Topliss-reactive ketones (excluding diaryl/α,β-unsaturated/α-hetero) is 1. The zero-order valence-corrected chi connectivity index (χ0v) is 11.2. The summed E-state index contributed by atoms with van der Waals surface area (Å²) < 4.78 is 5.23. The molecule has 1 aromatic rings. The summed E-state index contributed by atoms with van der Waals surface area (Å²) in [4.78, 5) is 18.2. The number of carbonyl (C=O) groups excluding carboxylic acids is 1. The van der Waals surface area contributed by atoms with Crippen LogP contribution in [0.25, 0.3) is 0 Å². The number of likely N-dealkylation sites (tertiary alicyclic amines) is 1. The minimum absolute atomic E-state index is 0.178. The fourth-order valence-electron chi connectivity index (χ4n) is 2.35. The molecule has 18 heavy (non-hydrogen) atoms. The smallest absolute Gasteiger partial charge is 0.240 e. The number of hydrogen-bond acceptors (Lipinski definition) is 5. The zero-order valence-electron chi connectivity index (χ0n) is 11.2. The Kier molecular flexibility index (Phi) is 4.47. The molecule has 5 heteroatoms. The molecule has 1 unspecified atom stereocenters. The minimum atomic E-state index is 0.178. The molecule has 0 radical (unpaired) electrons. The third-order valence-corrected chi connectivity index (χ3v) is 3.44. The molecule has 5 nitrogen and oxygen atoms in total. The van der Waals surface area contributed by atoms with Crippen molar-refractivity contribution in [3.05, 3.63) is 11.7 Å². The summed E-state index contributed by atoms with van der Waals surface area (Å²) in [5.74, 6) is 2.03. The van der Waals surface area contributed by atoms with Crippen molar-refractivity contribution in [1.82, 2.24) is 15.0 Å². The molecule has 1 atom stereocenters. The van der Waals surface area contributed by atoms with Gasteiger partial charge in [-0.3, -0.25) is 9.69 Å². The molecular formula is C13H21N3O2. The van der Waals surface area contributed by atoms with E-state index in [1.54, 1.807) is 0 Å². The molecule has 0 aliphatic carbocycles. The van der Waals surface area contributed by atoms with Crippen molar-refractivity contribution in [2.75, 3.05) is 13.1 Å². The lowest BCUT2D eigenvalue weighted by Crippen LogP contribution is -2.40. The third-order valence-electron chi connectivity index (χ3n) is 3.44. The highest BCUT2D eigenvalue weighted by Crippen LogP contribution is 2.17. The van der Waals surface area contributed by atoms with E-state index in [2.05, 4.69) is 28.9 Å². The molecule has 1 fully saturated rings. The number of rotatable bonds is 5. The number of nitrogens with zero attached hydrogens (tertiary/aromatic N) is 3. The van der Waals surface area contributed by atoms with Gasteiger partial charge in [-0.1, -0.05) is 19.0 Å². The van der Waals surface area contributed by atoms with Crippen molar-refractivity contribution in [1.29, 1.82) is 0 Å². The van der Waals surface area contributed by atoms with E-state index in [9.17, 15) is 4.79 Å². The Labute approximate surface area is 108 Å². The first-order valence-corrected chi connectivity index (χ1v) is 6.79. The largest absolute Gasteiger partial charge is 0.338 e. The Bertz CT molecular complexity index is 403. The third kappa shape index (κ3) is 3.16. The van der Waals surface area contributed by atoms with Crippen molar-refractivity contribution in [2.45, 2.75) is 46.1 Å². The molecule has 1 aliphatic rings. The normalized spacial score (nSPS) is 21.4. The molecule has 1 saturated heterocycles. The quantitative estimate of drug-likeness (QED) is 0.799. The molecule has 1 aliphatic heterocycles. The highest BCUT2D eigenvalue weighted by Gasteiger charge is 2.26. The van der Waals surface area contributed by atoms with E-state index >= 15 is 0 Å². The van der Waals surface area contributed by atoms with Crippen LogP contribution >= 0.6 is 0 Å². The highest BCUT2D eigenvalue weighted by molar-refractivity contribution is 5.82. The summed E-state index contributed by atoms with van der Waals surface area (Å²) in [6.07, 6.45) is 3.45. The average Bonchev–Trinajstić information content (AvgIpc) is 2.80. The Morgan fingerprint density at radius 3 is 3.00 bits per heavy atom. The first-order valence-electron chi connectivity index (χ1n) is 6.79. The number of ketones is 1. The van der Waals surface area contributed by atoms with Gasteiger partial charge in [0.1, 0.15) is 5.78 Å². The van der Waals surface area contributed by atoms with Crippen LogP contribution < -0.4 is 0 Å². The second-order valence-electron chi connectivity index (χ2n) is 4.91.